The second-order valence-corrected chi connectivity index (χ2v) is 10.2. The molecule has 5 rings (SSSR count). The molecule has 1 aliphatic rings. The van der Waals surface area contributed by atoms with Crippen molar-refractivity contribution in [3.05, 3.63) is 85.2 Å². The van der Waals surface area contributed by atoms with Crippen molar-refractivity contribution in [3.63, 3.8) is 0 Å². The first-order chi connectivity index (χ1) is 18.3. The smallest absolute Gasteiger partial charge is 0.410 e. The Morgan fingerprint density at radius 1 is 0.842 bits per heavy atom. The minimum Gasteiger partial charge on any atom is -0.444 e. The largest absolute Gasteiger partial charge is 0.444 e. The SMILES string of the molecule is CC(C)(C)OC(=O)N1CCN(c2ccc(-c3cncc(-c4ccnc(-c5ccccc5F)c4)c3)cn2)CC1. The molecule has 1 fully saturated rings. The number of nitrogens with zero attached hydrogens (tertiary/aromatic N) is 5. The van der Waals surface area contributed by atoms with Crippen LogP contribution in [0.2, 0.25) is 0 Å². The van der Waals surface area contributed by atoms with Crippen molar-refractivity contribution in [1.82, 2.24) is 19.9 Å². The fraction of sp³-hybridized carbons (Fsp3) is 0.267. The molecular weight excluding hydrogens is 481 g/mol. The maximum Gasteiger partial charge on any atom is 0.410 e. The first-order valence-corrected chi connectivity index (χ1v) is 12.6. The van der Waals surface area contributed by atoms with Crippen molar-refractivity contribution in [3.8, 4) is 33.5 Å². The number of halogens is 1. The summed E-state index contributed by atoms with van der Waals surface area (Å²) in [6.07, 6.45) is 6.84. The first kappa shape index (κ1) is 25.3. The third kappa shape index (κ3) is 5.80. The highest BCUT2D eigenvalue weighted by Gasteiger charge is 2.26. The molecule has 0 spiro atoms. The van der Waals surface area contributed by atoms with Gasteiger partial charge in [-0.25, -0.2) is 14.2 Å². The van der Waals surface area contributed by atoms with Crippen LogP contribution in [-0.2, 0) is 4.74 Å². The highest BCUT2D eigenvalue weighted by molar-refractivity contribution is 5.74. The van der Waals surface area contributed by atoms with Crippen LogP contribution in [0.1, 0.15) is 20.8 Å². The molecule has 0 aliphatic carbocycles. The Morgan fingerprint density at radius 3 is 2.26 bits per heavy atom. The van der Waals surface area contributed by atoms with E-state index in [1.807, 2.05) is 57.3 Å². The molecular formula is C30H30FN5O2. The third-order valence-corrected chi connectivity index (χ3v) is 6.32. The quantitative estimate of drug-likeness (QED) is 0.331. The summed E-state index contributed by atoms with van der Waals surface area (Å²) in [5.41, 5.74) is 4.22. The van der Waals surface area contributed by atoms with Crippen LogP contribution in [0.25, 0.3) is 33.5 Å². The molecule has 0 bridgehead atoms. The molecule has 194 valence electrons. The van der Waals surface area contributed by atoms with Gasteiger partial charge in [0.05, 0.1) is 5.69 Å². The molecule has 0 N–H and O–H groups in total. The molecule has 38 heavy (non-hydrogen) atoms. The lowest BCUT2D eigenvalue weighted by molar-refractivity contribution is 0.0240. The van der Waals surface area contributed by atoms with Gasteiger partial charge in [-0.05, 0) is 68.8 Å². The lowest BCUT2D eigenvalue weighted by atomic mass is 10.0. The van der Waals surface area contributed by atoms with Crippen LogP contribution in [0.4, 0.5) is 15.0 Å². The number of pyridine rings is 3. The van der Waals surface area contributed by atoms with E-state index in [1.165, 1.54) is 6.07 Å². The number of hydrogen-bond donors (Lipinski definition) is 0. The maximum atomic E-state index is 14.3. The molecule has 0 saturated carbocycles. The second kappa shape index (κ2) is 10.6. The summed E-state index contributed by atoms with van der Waals surface area (Å²) < 4.78 is 19.8. The van der Waals surface area contributed by atoms with Gasteiger partial charge < -0.3 is 14.5 Å². The Morgan fingerprint density at radius 2 is 1.58 bits per heavy atom. The molecule has 0 radical (unpaired) electrons. The van der Waals surface area contributed by atoms with Crippen LogP contribution in [0.15, 0.2) is 79.4 Å². The number of amides is 1. The molecule has 4 aromatic rings. The maximum absolute atomic E-state index is 14.3. The number of piperazine rings is 1. The van der Waals surface area contributed by atoms with Crippen LogP contribution >= 0.6 is 0 Å². The summed E-state index contributed by atoms with van der Waals surface area (Å²) in [5.74, 6) is 0.562. The van der Waals surface area contributed by atoms with Crippen LogP contribution in [0, 0.1) is 5.82 Å². The molecule has 1 aliphatic heterocycles. The number of hydrogen-bond acceptors (Lipinski definition) is 6. The van der Waals surface area contributed by atoms with E-state index >= 15 is 0 Å². The van der Waals surface area contributed by atoms with E-state index in [2.05, 4.69) is 19.9 Å². The van der Waals surface area contributed by atoms with Gasteiger partial charge in [-0.3, -0.25) is 9.97 Å². The first-order valence-electron chi connectivity index (χ1n) is 12.6. The normalized spacial score (nSPS) is 13.9. The fourth-order valence-corrected chi connectivity index (χ4v) is 4.37. The Hall–Kier alpha value is -4.33. The van der Waals surface area contributed by atoms with Gasteiger partial charge in [-0.2, -0.15) is 0 Å². The number of rotatable bonds is 4. The summed E-state index contributed by atoms with van der Waals surface area (Å²) in [6, 6.07) is 16.5. The van der Waals surface area contributed by atoms with Gasteiger partial charge in [0, 0.05) is 73.2 Å². The molecule has 1 saturated heterocycles. The summed E-state index contributed by atoms with van der Waals surface area (Å²) in [5, 5.41) is 0. The van der Waals surface area contributed by atoms with Gasteiger partial charge in [0.15, 0.2) is 0 Å². The topological polar surface area (TPSA) is 71.5 Å². The van der Waals surface area contributed by atoms with E-state index in [0.29, 0.717) is 37.4 Å². The Balaban J connectivity index is 1.28. The van der Waals surface area contributed by atoms with E-state index in [0.717, 1.165) is 28.1 Å². The zero-order chi connectivity index (χ0) is 26.7. The number of carbonyl (C=O) groups is 1. The van der Waals surface area contributed by atoms with Gasteiger partial charge in [-0.1, -0.05) is 12.1 Å². The van der Waals surface area contributed by atoms with Crippen molar-refractivity contribution in [2.45, 2.75) is 26.4 Å². The average Bonchev–Trinajstić information content (AvgIpc) is 2.93. The highest BCUT2D eigenvalue weighted by atomic mass is 19.1. The van der Waals surface area contributed by atoms with E-state index in [4.69, 9.17) is 4.74 Å². The van der Waals surface area contributed by atoms with Crippen molar-refractivity contribution in [1.29, 1.82) is 0 Å². The summed E-state index contributed by atoms with van der Waals surface area (Å²) in [7, 11) is 0. The van der Waals surface area contributed by atoms with Crippen LogP contribution < -0.4 is 4.90 Å². The monoisotopic (exact) mass is 511 g/mol. The average molecular weight is 512 g/mol. The van der Waals surface area contributed by atoms with Crippen molar-refractivity contribution in [2.24, 2.45) is 0 Å². The predicted octanol–water partition coefficient (Wildman–Crippen LogP) is 6.07. The Labute approximate surface area is 222 Å². The molecule has 4 heterocycles. The predicted molar refractivity (Wildman–Crippen MR) is 146 cm³/mol. The zero-order valence-electron chi connectivity index (χ0n) is 21.8. The molecule has 8 heteroatoms. The van der Waals surface area contributed by atoms with Gasteiger partial charge in [-0.15, -0.1) is 0 Å². The standard InChI is InChI=1S/C30H30FN5O2/c1-30(2,3)38-29(37)36-14-12-35(13-15-36)28-9-8-22(20-34-28)24-16-23(18-32-19-24)21-10-11-33-27(17-21)25-6-4-5-7-26(25)31/h4-11,16-20H,12-15H2,1-3H3. The van der Waals surface area contributed by atoms with E-state index in [9.17, 15) is 9.18 Å². The van der Waals surface area contributed by atoms with Crippen LogP contribution in [0.5, 0.6) is 0 Å². The Bertz CT molecular complexity index is 1430. The van der Waals surface area contributed by atoms with Gasteiger partial charge in [0.2, 0.25) is 0 Å². The van der Waals surface area contributed by atoms with Crippen molar-refractivity contribution in [2.75, 3.05) is 31.1 Å². The zero-order valence-corrected chi connectivity index (χ0v) is 21.8. The molecule has 0 unspecified atom stereocenters. The number of carbonyl (C=O) groups excluding carboxylic acids is 1. The molecule has 0 atom stereocenters. The van der Waals surface area contributed by atoms with Crippen LogP contribution in [-0.4, -0.2) is 57.7 Å². The minimum absolute atomic E-state index is 0.275. The van der Waals surface area contributed by atoms with Gasteiger partial charge >= 0.3 is 6.09 Å². The van der Waals surface area contributed by atoms with Gasteiger partial charge in [0.1, 0.15) is 17.2 Å². The van der Waals surface area contributed by atoms with E-state index in [-0.39, 0.29) is 11.9 Å². The van der Waals surface area contributed by atoms with E-state index < -0.39 is 5.60 Å². The lowest BCUT2D eigenvalue weighted by Gasteiger charge is -2.36. The Kier molecular flexibility index (Phi) is 7.05. The summed E-state index contributed by atoms with van der Waals surface area (Å²) in [6.45, 7) is 8.17. The number of ether oxygens (including phenoxy) is 1. The minimum atomic E-state index is -0.503. The van der Waals surface area contributed by atoms with Gasteiger partial charge in [0.25, 0.3) is 0 Å². The summed E-state index contributed by atoms with van der Waals surface area (Å²) >= 11 is 0. The molecule has 7 nitrogen and oxygen atoms in total. The van der Waals surface area contributed by atoms with Crippen molar-refractivity contribution >= 4 is 11.9 Å². The van der Waals surface area contributed by atoms with Crippen molar-refractivity contribution < 1.29 is 13.9 Å². The molecule has 3 aromatic heterocycles. The van der Waals surface area contributed by atoms with E-state index in [1.54, 1.807) is 41.7 Å². The number of benzene rings is 1. The molecule has 1 amide bonds. The highest BCUT2D eigenvalue weighted by Crippen LogP contribution is 2.29. The number of anilines is 1. The molecule has 1 aromatic carbocycles. The third-order valence-electron chi connectivity index (χ3n) is 6.32. The summed E-state index contributed by atoms with van der Waals surface area (Å²) in [4.78, 5) is 29.7. The van der Waals surface area contributed by atoms with Crippen LogP contribution in [0.3, 0.4) is 0 Å². The number of aromatic nitrogens is 3. The fourth-order valence-electron chi connectivity index (χ4n) is 4.37. The second-order valence-electron chi connectivity index (χ2n) is 10.2. The lowest BCUT2D eigenvalue weighted by Crippen LogP contribution is -2.50.